The molecule has 0 spiro atoms. The molecule has 2 aromatic carbocycles. The van der Waals surface area contributed by atoms with E-state index in [-0.39, 0.29) is 29.6 Å². The number of amides is 1. The molecule has 1 amide bonds. The van der Waals surface area contributed by atoms with Crippen LogP contribution in [0.1, 0.15) is 76.1 Å². The van der Waals surface area contributed by atoms with E-state index in [9.17, 15) is 23.3 Å². The molecule has 0 saturated carbocycles. The highest BCUT2D eigenvalue weighted by Gasteiger charge is 2.30. The summed E-state index contributed by atoms with van der Waals surface area (Å²) in [5.41, 5.74) is 5.61. The predicted octanol–water partition coefficient (Wildman–Crippen LogP) is 8.17. The minimum atomic E-state index is -4.57. The summed E-state index contributed by atoms with van der Waals surface area (Å²) < 4.78 is 46.8. The number of allylic oxidation sites excluding steroid dienone is 2. The largest absolute Gasteiger partial charge is 0.487 e. The van der Waals surface area contributed by atoms with Crippen molar-refractivity contribution in [2.45, 2.75) is 70.6 Å². The molecule has 314 valence electrons. The van der Waals surface area contributed by atoms with Crippen LogP contribution < -0.4 is 19.1 Å². The van der Waals surface area contributed by atoms with E-state index in [0.717, 1.165) is 88.4 Å². The molecular formula is C44H54N6O8S. The zero-order valence-corrected chi connectivity index (χ0v) is 34.9. The second kappa shape index (κ2) is 17.9. The Morgan fingerprint density at radius 1 is 1.07 bits per heavy atom. The molecule has 2 saturated heterocycles. The summed E-state index contributed by atoms with van der Waals surface area (Å²) in [4.78, 5) is 36.9. The number of anilines is 1. The average Bonchev–Trinajstić information content (AvgIpc) is 3.68. The lowest BCUT2D eigenvalue weighted by Crippen LogP contribution is -2.47. The van der Waals surface area contributed by atoms with Gasteiger partial charge in [0.15, 0.2) is 5.75 Å². The van der Waals surface area contributed by atoms with Crippen molar-refractivity contribution in [2.24, 2.45) is 11.3 Å². The maximum absolute atomic E-state index is 13.9. The first-order valence-electron chi connectivity index (χ1n) is 20.4. The number of aromatic amines is 1. The molecule has 2 fully saturated rings. The first-order valence-corrected chi connectivity index (χ1v) is 21.8. The third-order valence-corrected chi connectivity index (χ3v) is 12.9. The third-order valence-electron chi connectivity index (χ3n) is 11.6. The number of hydrogen-bond acceptors (Lipinski definition) is 11. The van der Waals surface area contributed by atoms with Gasteiger partial charge in [0, 0.05) is 75.3 Å². The van der Waals surface area contributed by atoms with E-state index >= 15 is 0 Å². The highest BCUT2D eigenvalue weighted by Crippen LogP contribution is 2.41. The van der Waals surface area contributed by atoms with E-state index < -0.39 is 31.4 Å². The number of benzene rings is 2. The molecule has 7 rings (SSSR count). The lowest BCUT2D eigenvalue weighted by atomic mass is 9.73. The Hall–Kier alpha value is -5.25. The van der Waals surface area contributed by atoms with Crippen LogP contribution in [0.2, 0.25) is 0 Å². The molecule has 59 heavy (non-hydrogen) atoms. The lowest BCUT2D eigenvalue weighted by Gasteiger charge is -2.39. The Bertz CT molecular complexity index is 2340. The minimum absolute atomic E-state index is 0.0366. The van der Waals surface area contributed by atoms with Gasteiger partial charge in [0.1, 0.15) is 17.1 Å². The van der Waals surface area contributed by atoms with Crippen LogP contribution in [-0.2, 0) is 14.8 Å². The monoisotopic (exact) mass is 826 g/mol. The van der Waals surface area contributed by atoms with Gasteiger partial charge in [-0.05, 0) is 99.6 Å². The number of pyridine rings is 1. The van der Waals surface area contributed by atoms with Gasteiger partial charge in [-0.1, -0.05) is 30.6 Å². The van der Waals surface area contributed by atoms with Gasteiger partial charge >= 0.3 is 5.69 Å². The van der Waals surface area contributed by atoms with E-state index in [1.54, 1.807) is 41.6 Å². The molecule has 14 nitrogen and oxygen atoms in total. The van der Waals surface area contributed by atoms with Crippen LogP contribution in [0, 0.1) is 21.4 Å². The number of hydrogen-bond donors (Lipinski definition) is 2. The van der Waals surface area contributed by atoms with Crippen LogP contribution in [0.4, 0.5) is 11.4 Å². The molecule has 0 radical (unpaired) electrons. The molecule has 15 heteroatoms. The number of ether oxygens (including phenoxy) is 3. The van der Waals surface area contributed by atoms with Crippen LogP contribution in [0.5, 0.6) is 17.2 Å². The first-order chi connectivity index (χ1) is 28.2. The molecule has 0 atom stereocenters. The summed E-state index contributed by atoms with van der Waals surface area (Å²) in [6.45, 7) is 16.6. The molecule has 2 aliphatic heterocycles. The van der Waals surface area contributed by atoms with Gasteiger partial charge in [0.25, 0.3) is 15.9 Å². The van der Waals surface area contributed by atoms with E-state index in [1.165, 1.54) is 30.3 Å². The Labute approximate surface area is 345 Å². The summed E-state index contributed by atoms with van der Waals surface area (Å²) in [6.07, 6.45) is 10.3. The number of nitro benzene ring substituents is 1. The van der Waals surface area contributed by atoms with Crippen molar-refractivity contribution < 1.29 is 32.3 Å². The molecule has 3 aliphatic rings. The number of H-pyrrole nitrogens is 1. The van der Waals surface area contributed by atoms with Crippen molar-refractivity contribution >= 4 is 38.3 Å². The number of nitro groups is 1. The van der Waals surface area contributed by atoms with Gasteiger partial charge in [-0.15, -0.1) is 6.58 Å². The number of carbonyl (C=O) groups is 1. The fraction of sp³-hybridized carbons (Fsp3) is 0.455. The maximum atomic E-state index is 13.9. The van der Waals surface area contributed by atoms with E-state index in [0.29, 0.717) is 30.0 Å². The first kappa shape index (κ1) is 41.9. The van der Waals surface area contributed by atoms with Crippen molar-refractivity contribution in [3.8, 4) is 17.2 Å². The van der Waals surface area contributed by atoms with Crippen molar-refractivity contribution in [1.29, 1.82) is 0 Å². The van der Waals surface area contributed by atoms with Gasteiger partial charge < -0.3 is 24.1 Å². The summed E-state index contributed by atoms with van der Waals surface area (Å²) in [7, 11) is -4.57. The Balaban J connectivity index is 1.08. The highest BCUT2D eigenvalue weighted by molar-refractivity contribution is 7.90. The number of rotatable bonds is 15. The van der Waals surface area contributed by atoms with Gasteiger partial charge in [0.2, 0.25) is 0 Å². The van der Waals surface area contributed by atoms with Crippen LogP contribution >= 0.6 is 0 Å². The molecule has 2 N–H and O–H groups in total. The zero-order valence-electron chi connectivity index (χ0n) is 34.1. The molecule has 4 heterocycles. The van der Waals surface area contributed by atoms with Gasteiger partial charge in [0.05, 0.1) is 28.2 Å². The molecule has 4 aromatic rings. The van der Waals surface area contributed by atoms with E-state index in [1.807, 2.05) is 6.07 Å². The van der Waals surface area contributed by atoms with Crippen molar-refractivity contribution in [3.05, 3.63) is 99.9 Å². The fourth-order valence-corrected chi connectivity index (χ4v) is 9.07. The molecule has 1 aliphatic carbocycles. The topological polar surface area (TPSA) is 169 Å². The van der Waals surface area contributed by atoms with Gasteiger partial charge in [-0.25, -0.2) is 18.1 Å². The molecule has 0 unspecified atom stereocenters. The predicted molar refractivity (Wildman–Crippen MR) is 227 cm³/mol. The fourth-order valence-electron chi connectivity index (χ4n) is 8.08. The number of nitrogens with one attached hydrogen (secondary N) is 2. The van der Waals surface area contributed by atoms with Crippen molar-refractivity contribution in [2.75, 3.05) is 57.4 Å². The second-order valence-electron chi connectivity index (χ2n) is 16.8. The van der Waals surface area contributed by atoms with E-state index in [2.05, 4.69) is 51.8 Å². The summed E-state index contributed by atoms with van der Waals surface area (Å²) >= 11 is 0. The number of nitrogens with zero attached hydrogens (tertiary/aromatic N) is 4. The molecule has 0 bridgehead atoms. The normalized spacial score (nSPS) is 17.8. The summed E-state index contributed by atoms with van der Waals surface area (Å²) in [5.74, 6) is -0.350. The molecule has 2 aromatic heterocycles. The lowest BCUT2D eigenvalue weighted by molar-refractivity contribution is -0.386. The summed E-state index contributed by atoms with van der Waals surface area (Å²) in [6, 6.07) is 12.0. The number of fused-ring (bicyclic) bond motifs is 1. The Morgan fingerprint density at radius 3 is 2.59 bits per heavy atom. The number of aromatic nitrogens is 2. The van der Waals surface area contributed by atoms with Gasteiger partial charge in [-0.2, -0.15) is 0 Å². The van der Waals surface area contributed by atoms with E-state index in [4.69, 9.17) is 14.2 Å². The summed E-state index contributed by atoms with van der Waals surface area (Å²) in [5, 5.41) is 12.8. The van der Waals surface area contributed by atoms with Crippen molar-refractivity contribution in [3.63, 3.8) is 0 Å². The minimum Gasteiger partial charge on any atom is -0.487 e. The Morgan fingerprint density at radius 2 is 1.85 bits per heavy atom. The average molecular weight is 827 g/mol. The quantitative estimate of drug-likeness (QED) is 0.0674. The number of carbonyl (C=O) groups excluding carboxylic acids is 1. The van der Waals surface area contributed by atoms with Crippen molar-refractivity contribution in [1.82, 2.24) is 19.6 Å². The van der Waals surface area contributed by atoms with Crippen LogP contribution in [-0.4, -0.2) is 86.7 Å². The second-order valence-corrected chi connectivity index (χ2v) is 18.5. The van der Waals surface area contributed by atoms with Crippen LogP contribution in [0.15, 0.2) is 89.1 Å². The number of piperazine rings is 1. The maximum Gasteiger partial charge on any atom is 0.312 e. The SMILES string of the molecule is C=C(C)CCC1=C(CN2CCN(c3ccc(C(=O)NS(=O)(=O)c4ccc(OCC5CCOCC5)c([N+](=O)[O-])c4)c(Oc4cnc5[nH]ccc5c4)c3)CC2)CCC(C)(C)C1. The third kappa shape index (κ3) is 10.5. The highest BCUT2D eigenvalue weighted by atomic mass is 32.2. The van der Waals surface area contributed by atoms with Crippen LogP contribution in [0.3, 0.4) is 0 Å². The molecular weight excluding hydrogens is 773 g/mol. The Kier molecular flexibility index (Phi) is 12.7. The van der Waals surface area contributed by atoms with Gasteiger partial charge in [-0.3, -0.25) is 19.8 Å². The standard InChI is InChI=1S/C44H54N6O8S/c1-30(2)5-6-33-26-44(3,4)15-11-34(33)28-48-17-19-49(20-18-48)35-7-9-38(41(24-35)58-36-23-32-12-16-45-42(32)46-27-36)43(51)47-59(54,55)37-8-10-40(39(25-37)50(52)53)57-29-31-13-21-56-22-14-31/h7-10,12,16,23-25,27,31H,1,5-6,11,13-15,17-22,26,28-29H2,2-4H3,(H,45,46)(H,47,51). The van der Waals surface area contributed by atoms with Crippen LogP contribution in [0.25, 0.3) is 11.0 Å². The smallest absolute Gasteiger partial charge is 0.312 e. The number of sulfonamides is 1. The zero-order chi connectivity index (χ0) is 41.7.